The van der Waals surface area contributed by atoms with Crippen LogP contribution in [0.1, 0.15) is 33.1 Å². The SMILES string of the molecule is CCC(C)NC(=NC)NCCCCN1CCN(C)CC1. The van der Waals surface area contributed by atoms with Crippen molar-refractivity contribution in [2.75, 3.05) is 53.4 Å². The molecule has 0 aromatic carbocycles. The van der Waals surface area contributed by atoms with E-state index in [1.165, 1.54) is 45.6 Å². The number of likely N-dealkylation sites (N-methyl/N-ethyl adjacent to an activating group) is 1. The zero-order valence-electron chi connectivity index (χ0n) is 13.8. The molecule has 5 heteroatoms. The average Bonchev–Trinajstić information content (AvgIpc) is 2.47. The number of rotatable bonds is 7. The van der Waals surface area contributed by atoms with Crippen molar-refractivity contribution in [1.29, 1.82) is 0 Å². The number of hydrogen-bond donors (Lipinski definition) is 2. The summed E-state index contributed by atoms with van der Waals surface area (Å²) < 4.78 is 0. The molecule has 2 N–H and O–H groups in total. The fourth-order valence-corrected chi connectivity index (χ4v) is 2.27. The molecule has 0 spiro atoms. The van der Waals surface area contributed by atoms with Gasteiger partial charge in [-0.25, -0.2) is 0 Å². The van der Waals surface area contributed by atoms with Gasteiger partial charge in [-0.15, -0.1) is 0 Å². The van der Waals surface area contributed by atoms with E-state index in [1.807, 2.05) is 7.05 Å². The highest BCUT2D eigenvalue weighted by atomic mass is 15.2. The van der Waals surface area contributed by atoms with Crippen LogP contribution < -0.4 is 10.6 Å². The number of piperazine rings is 1. The zero-order valence-corrected chi connectivity index (χ0v) is 13.8. The molecule has 1 unspecified atom stereocenters. The Hall–Kier alpha value is -0.810. The number of aliphatic imine (C=N–C) groups is 1. The van der Waals surface area contributed by atoms with Crippen LogP contribution in [0.5, 0.6) is 0 Å². The maximum absolute atomic E-state index is 4.25. The van der Waals surface area contributed by atoms with Gasteiger partial charge in [0.15, 0.2) is 5.96 Å². The maximum Gasteiger partial charge on any atom is 0.191 e. The molecule has 0 saturated carbocycles. The Morgan fingerprint density at radius 2 is 1.90 bits per heavy atom. The first-order chi connectivity index (χ1) is 9.65. The predicted molar refractivity (Wildman–Crippen MR) is 87.4 cm³/mol. The first-order valence-corrected chi connectivity index (χ1v) is 8.03. The Morgan fingerprint density at radius 3 is 2.50 bits per heavy atom. The standard InChI is InChI=1S/C15H33N5/c1-5-14(2)18-15(16-3)17-8-6-7-9-20-12-10-19(4)11-13-20/h14H,5-13H2,1-4H3,(H2,16,17,18). The minimum atomic E-state index is 0.478. The summed E-state index contributed by atoms with van der Waals surface area (Å²) in [5.74, 6) is 0.930. The molecule has 1 fully saturated rings. The summed E-state index contributed by atoms with van der Waals surface area (Å²) in [7, 11) is 4.04. The highest BCUT2D eigenvalue weighted by Gasteiger charge is 2.12. The maximum atomic E-state index is 4.25. The van der Waals surface area contributed by atoms with Crippen molar-refractivity contribution < 1.29 is 0 Å². The fraction of sp³-hybridized carbons (Fsp3) is 0.933. The lowest BCUT2D eigenvalue weighted by Crippen LogP contribution is -2.45. The van der Waals surface area contributed by atoms with Gasteiger partial charge in [0, 0.05) is 45.8 Å². The molecule has 0 bridgehead atoms. The van der Waals surface area contributed by atoms with Crippen molar-refractivity contribution in [2.24, 2.45) is 4.99 Å². The van der Waals surface area contributed by atoms with Crippen LogP contribution >= 0.6 is 0 Å². The fourth-order valence-electron chi connectivity index (χ4n) is 2.27. The summed E-state index contributed by atoms with van der Waals surface area (Å²) in [5, 5.41) is 6.78. The summed E-state index contributed by atoms with van der Waals surface area (Å²) in [4.78, 5) is 9.23. The van der Waals surface area contributed by atoms with Gasteiger partial charge >= 0.3 is 0 Å². The second kappa shape index (κ2) is 10.00. The van der Waals surface area contributed by atoms with Gasteiger partial charge in [0.25, 0.3) is 0 Å². The molecule has 1 atom stereocenters. The Labute approximate surface area is 124 Å². The van der Waals surface area contributed by atoms with Crippen LogP contribution in [-0.4, -0.2) is 75.2 Å². The molecule has 0 radical (unpaired) electrons. The van der Waals surface area contributed by atoms with E-state index < -0.39 is 0 Å². The van der Waals surface area contributed by atoms with E-state index in [-0.39, 0.29) is 0 Å². The largest absolute Gasteiger partial charge is 0.356 e. The molecule has 1 heterocycles. The summed E-state index contributed by atoms with van der Waals surface area (Å²) in [6, 6.07) is 0.478. The van der Waals surface area contributed by atoms with Crippen LogP contribution in [0, 0.1) is 0 Å². The number of guanidine groups is 1. The molecule has 0 aromatic rings. The van der Waals surface area contributed by atoms with Crippen LogP contribution in [0.25, 0.3) is 0 Å². The lowest BCUT2D eigenvalue weighted by Gasteiger charge is -2.32. The van der Waals surface area contributed by atoms with E-state index >= 15 is 0 Å². The second-order valence-corrected chi connectivity index (χ2v) is 5.80. The minimum absolute atomic E-state index is 0.478. The molecular weight excluding hydrogens is 250 g/mol. The zero-order chi connectivity index (χ0) is 14.8. The molecule has 1 rings (SSSR count). The highest BCUT2D eigenvalue weighted by molar-refractivity contribution is 5.79. The molecule has 1 saturated heterocycles. The van der Waals surface area contributed by atoms with Gasteiger partial charge in [-0.05, 0) is 39.8 Å². The minimum Gasteiger partial charge on any atom is -0.356 e. The quantitative estimate of drug-likeness (QED) is 0.415. The Bertz CT molecular complexity index is 271. The van der Waals surface area contributed by atoms with Crippen molar-refractivity contribution in [1.82, 2.24) is 20.4 Å². The van der Waals surface area contributed by atoms with Crippen LogP contribution in [-0.2, 0) is 0 Å². The van der Waals surface area contributed by atoms with Crippen molar-refractivity contribution in [3.63, 3.8) is 0 Å². The van der Waals surface area contributed by atoms with Crippen molar-refractivity contribution in [2.45, 2.75) is 39.2 Å². The van der Waals surface area contributed by atoms with Crippen molar-refractivity contribution >= 4 is 5.96 Å². The Morgan fingerprint density at radius 1 is 1.20 bits per heavy atom. The molecule has 20 heavy (non-hydrogen) atoms. The van der Waals surface area contributed by atoms with Gasteiger partial charge in [0.2, 0.25) is 0 Å². The van der Waals surface area contributed by atoms with Crippen LogP contribution in [0.2, 0.25) is 0 Å². The smallest absolute Gasteiger partial charge is 0.191 e. The molecule has 0 aliphatic carbocycles. The monoisotopic (exact) mass is 283 g/mol. The lowest BCUT2D eigenvalue weighted by molar-refractivity contribution is 0.152. The number of hydrogen-bond acceptors (Lipinski definition) is 3. The van der Waals surface area contributed by atoms with Crippen molar-refractivity contribution in [3.8, 4) is 0 Å². The van der Waals surface area contributed by atoms with Crippen LogP contribution in [0.4, 0.5) is 0 Å². The van der Waals surface area contributed by atoms with E-state index in [2.05, 4.69) is 46.3 Å². The van der Waals surface area contributed by atoms with E-state index in [1.54, 1.807) is 0 Å². The van der Waals surface area contributed by atoms with E-state index in [0.29, 0.717) is 6.04 Å². The molecule has 1 aliphatic rings. The van der Waals surface area contributed by atoms with Crippen LogP contribution in [0.15, 0.2) is 4.99 Å². The topological polar surface area (TPSA) is 42.9 Å². The predicted octanol–water partition coefficient (Wildman–Crippen LogP) is 0.978. The summed E-state index contributed by atoms with van der Waals surface area (Å²) in [6.45, 7) is 11.5. The third-order valence-electron chi connectivity index (χ3n) is 4.01. The first kappa shape index (κ1) is 17.2. The summed E-state index contributed by atoms with van der Waals surface area (Å²) in [6.07, 6.45) is 3.58. The van der Waals surface area contributed by atoms with Gasteiger partial charge in [0.05, 0.1) is 0 Å². The lowest BCUT2D eigenvalue weighted by atomic mass is 10.2. The molecule has 118 valence electrons. The van der Waals surface area contributed by atoms with E-state index in [0.717, 1.165) is 18.9 Å². The average molecular weight is 283 g/mol. The van der Waals surface area contributed by atoms with E-state index in [4.69, 9.17) is 0 Å². The van der Waals surface area contributed by atoms with Crippen LogP contribution in [0.3, 0.4) is 0 Å². The second-order valence-electron chi connectivity index (χ2n) is 5.80. The third-order valence-corrected chi connectivity index (χ3v) is 4.01. The van der Waals surface area contributed by atoms with Crippen molar-refractivity contribution in [3.05, 3.63) is 0 Å². The third kappa shape index (κ3) is 7.10. The summed E-state index contributed by atoms with van der Waals surface area (Å²) >= 11 is 0. The number of nitrogens with zero attached hydrogens (tertiary/aromatic N) is 3. The van der Waals surface area contributed by atoms with Gasteiger partial charge in [-0.1, -0.05) is 6.92 Å². The van der Waals surface area contributed by atoms with E-state index in [9.17, 15) is 0 Å². The van der Waals surface area contributed by atoms with Gasteiger partial charge in [0.1, 0.15) is 0 Å². The first-order valence-electron chi connectivity index (χ1n) is 8.03. The molecule has 1 aliphatic heterocycles. The normalized spacial score (nSPS) is 19.9. The Balaban J connectivity index is 2.03. The van der Waals surface area contributed by atoms with Gasteiger partial charge in [-0.3, -0.25) is 4.99 Å². The summed E-state index contributed by atoms with van der Waals surface area (Å²) in [5.41, 5.74) is 0. The molecule has 0 aromatic heterocycles. The number of nitrogens with one attached hydrogen (secondary N) is 2. The highest BCUT2D eigenvalue weighted by Crippen LogP contribution is 2.01. The van der Waals surface area contributed by atoms with Gasteiger partial charge < -0.3 is 20.4 Å². The van der Waals surface area contributed by atoms with Gasteiger partial charge in [-0.2, -0.15) is 0 Å². The molecule has 5 nitrogen and oxygen atoms in total. The molecular formula is C15H33N5. The number of unbranched alkanes of at least 4 members (excludes halogenated alkanes) is 1. The Kier molecular flexibility index (Phi) is 8.62. The molecule has 0 amide bonds.